The average Bonchev–Trinajstić information content (AvgIpc) is 2.75. The van der Waals surface area contributed by atoms with Crippen LogP contribution in [0.4, 0.5) is 0 Å². The van der Waals surface area contributed by atoms with Crippen molar-refractivity contribution in [1.82, 2.24) is 5.32 Å². The minimum Gasteiger partial charge on any atom is -0.469 e. The number of hydrogen-bond donors (Lipinski definition) is 1. The van der Waals surface area contributed by atoms with E-state index < -0.39 is 0 Å². The van der Waals surface area contributed by atoms with E-state index in [0.717, 1.165) is 19.3 Å². The molecule has 4 unspecified atom stereocenters. The quantitative estimate of drug-likeness (QED) is 0.684. The molecule has 1 fully saturated rings. The SMILES string of the molecule is COC(=O)C1CC(COCc2ccccc2)CCC1NC(C)c1ccccc1. The molecule has 4 nitrogen and oxygen atoms in total. The maximum Gasteiger partial charge on any atom is 0.310 e. The van der Waals surface area contributed by atoms with E-state index in [0.29, 0.717) is 19.1 Å². The summed E-state index contributed by atoms with van der Waals surface area (Å²) in [4.78, 5) is 12.4. The lowest BCUT2D eigenvalue weighted by atomic mass is 9.77. The molecule has 0 saturated heterocycles. The second-order valence-electron chi connectivity index (χ2n) is 7.71. The van der Waals surface area contributed by atoms with Crippen LogP contribution in [0.3, 0.4) is 0 Å². The molecule has 1 N–H and O–H groups in total. The molecule has 1 saturated carbocycles. The predicted molar refractivity (Wildman–Crippen MR) is 111 cm³/mol. The Morgan fingerprint density at radius 2 is 1.75 bits per heavy atom. The third-order valence-corrected chi connectivity index (χ3v) is 5.69. The van der Waals surface area contributed by atoms with Gasteiger partial charge in [-0.2, -0.15) is 0 Å². The summed E-state index contributed by atoms with van der Waals surface area (Å²) in [6.07, 6.45) is 2.82. The van der Waals surface area contributed by atoms with E-state index in [1.165, 1.54) is 18.2 Å². The number of esters is 1. The summed E-state index contributed by atoms with van der Waals surface area (Å²) in [6, 6.07) is 20.9. The lowest BCUT2D eigenvalue weighted by molar-refractivity contribution is -0.148. The zero-order valence-electron chi connectivity index (χ0n) is 16.8. The Bertz CT molecular complexity index is 719. The van der Waals surface area contributed by atoms with E-state index in [9.17, 15) is 4.79 Å². The van der Waals surface area contributed by atoms with Crippen LogP contribution < -0.4 is 5.32 Å². The smallest absolute Gasteiger partial charge is 0.310 e. The van der Waals surface area contributed by atoms with Crippen LogP contribution in [0.2, 0.25) is 0 Å². The Labute approximate surface area is 168 Å². The maximum atomic E-state index is 12.4. The molecule has 3 rings (SSSR count). The molecule has 1 aliphatic carbocycles. The molecule has 2 aromatic rings. The number of methoxy groups -OCH3 is 1. The van der Waals surface area contributed by atoms with Crippen molar-refractivity contribution in [2.24, 2.45) is 11.8 Å². The van der Waals surface area contributed by atoms with Gasteiger partial charge in [0, 0.05) is 18.7 Å². The van der Waals surface area contributed by atoms with E-state index in [1.54, 1.807) is 0 Å². The van der Waals surface area contributed by atoms with Gasteiger partial charge in [-0.25, -0.2) is 0 Å². The first-order chi connectivity index (χ1) is 13.7. The highest BCUT2D eigenvalue weighted by molar-refractivity contribution is 5.73. The Balaban J connectivity index is 1.54. The highest BCUT2D eigenvalue weighted by Crippen LogP contribution is 2.32. The maximum absolute atomic E-state index is 12.4. The van der Waals surface area contributed by atoms with Crippen molar-refractivity contribution >= 4 is 5.97 Å². The molecule has 0 aliphatic heterocycles. The van der Waals surface area contributed by atoms with Gasteiger partial charge >= 0.3 is 5.97 Å². The van der Waals surface area contributed by atoms with Gasteiger partial charge < -0.3 is 14.8 Å². The van der Waals surface area contributed by atoms with Crippen LogP contribution in [0.25, 0.3) is 0 Å². The van der Waals surface area contributed by atoms with Crippen molar-refractivity contribution in [2.75, 3.05) is 13.7 Å². The van der Waals surface area contributed by atoms with Gasteiger partial charge in [0.05, 0.1) is 19.6 Å². The van der Waals surface area contributed by atoms with Crippen LogP contribution in [0, 0.1) is 11.8 Å². The fourth-order valence-corrected chi connectivity index (χ4v) is 4.10. The minimum atomic E-state index is -0.129. The number of hydrogen-bond acceptors (Lipinski definition) is 4. The first-order valence-corrected chi connectivity index (χ1v) is 10.2. The van der Waals surface area contributed by atoms with Crippen LogP contribution in [0.1, 0.15) is 43.4 Å². The molecule has 0 aromatic heterocycles. The molecule has 0 radical (unpaired) electrons. The second kappa shape index (κ2) is 10.4. The number of benzene rings is 2. The van der Waals surface area contributed by atoms with Gasteiger partial charge in [0.15, 0.2) is 0 Å². The molecule has 0 heterocycles. The van der Waals surface area contributed by atoms with Crippen LogP contribution in [0.5, 0.6) is 0 Å². The van der Waals surface area contributed by atoms with Crippen LogP contribution in [-0.2, 0) is 20.9 Å². The lowest BCUT2D eigenvalue weighted by Crippen LogP contribution is -2.46. The van der Waals surface area contributed by atoms with Gasteiger partial charge in [-0.05, 0) is 43.2 Å². The summed E-state index contributed by atoms with van der Waals surface area (Å²) in [7, 11) is 1.48. The second-order valence-corrected chi connectivity index (χ2v) is 7.71. The van der Waals surface area contributed by atoms with E-state index >= 15 is 0 Å². The fraction of sp³-hybridized carbons (Fsp3) is 0.458. The Kier molecular flexibility index (Phi) is 7.63. The Morgan fingerprint density at radius 1 is 1.07 bits per heavy atom. The highest BCUT2D eigenvalue weighted by atomic mass is 16.5. The molecule has 1 aliphatic rings. The van der Waals surface area contributed by atoms with E-state index in [-0.39, 0.29) is 24.0 Å². The number of ether oxygens (including phenoxy) is 2. The molecule has 0 bridgehead atoms. The molecule has 4 heteroatoms. The molecule has 0 amide bonds. The predicted octanol–water partition coefficient (Wildman–Crippen LogP) is 4.51. The molecular weight excluding hydrogens is 350 g/mol. The first kappa shape index (κ1) is 20.6. The molecule has 150 valence electrons. The summed E-state index contributed by atoms with van der Waals surface area (Å²) < 4.78 is 11.0. The van der Waals surface area contributed by atoms with Gasteiger partial charge in [-0.3, -0.25) is 4.79 Å². The van der Waals surface area contributed by atoms with Crippen molar-refractivity contribution in [3.05, 3.63) is 71.8 Å². The van der Waals surface area contributed by atoms with Gasteiger partial charge in [0.2, 0.25) is 0 Å². The van der Waals surface area contributed by atoms with Gasteiger partial charge in [-0.15, -0.1) is 0 Å². The zero-order chi connectivity index (χ0) is 19.8. The third-order valence-electron chi connectivity index (χ3n) is 5.69. The standard InChI is InChI=1S/C24H31NO3/c1-18(21-11-7-4-8-12-21)25-23-14-13-20(15-22(23)24(26)27-2)17-28-16-19-9-5-3-6-10-19/h3-12,18,20,22-23,25H,13-17H2,1-2H3. The van der Waals surface area contributed by atoms with Gasteiger partial charge in [0.1, 0.15) is 0 Å². The van der Waals surface area contributed by atoms with Crippen LogP contribution >= 0.6 is 0 Å². The van der Waals surface area contributed by atoms with Crippen molar-refractivity contribution in [3.8, 4) is 0 Å². The first-order valence-electron chi connectivity index (χ1n) is 10.2. The topological polar surface area (TPSA) is 47.6 Å². The zero-order valence-corrected chi connectivity index (χ0v) is 16.8. The van der Waals surface area contributed by atoms with Crippen molar-refractivity contribution < 1.29 is 14.3 Å². The number of rotatable bonds is 8. The largest absolute Gasteiger partial charge is 0.469 e. The number of carbonyl (C=O) groups excluding carboxylic acids is 1. The molecular formula is C24H31NO3. The average molecular weight is 382 g/mol. The number of nitrogens with one attached hydrogen (secondary N) is 1. The third kappa shape index (κ3) is 5.66. The van der Waals surface area contributed by atoms with Crippen LogP contribution in [0.15, 0.2) is 60.7 Å². The van der Waals surface area contributed by atoms with E-state index in [4.69, 9.17) is 9.47 Å². The van der Waals surface area contributed by atoms with Crippen molar-refractivity contribution in [2.45, 2.75) is 44.9 Å². The van der Waals surface area contributed by atoms with Gasteiger partial charge in [0.25, 0.3) is 0 Å². The minimum absolute atomic E-state index is 0.120. The monoisotopic (exact) mass is 381 g/mol. The number of carbonyl (C=O) groups is 1. The molecule has 0 spiro atoms. The molecule has 28 heavy (non-hydrogen) atoms. The summed E-state index contributed by atoms with van der Waals surface area (Å²) >= 11 is 0. The van der Waals surface area contributed by atoms with Gasteiger partial charge in [-0.1, -0.05) is 60.7 Å². The normalized spacial score (nSPS) is 23.1. The Hall–Kier alpha value is -2.17. The lowest BCUT2D eigenvalue weighted by Gasteiger charge is -2.36. The van der Waals surface area contributed by atoms with Crippen LogP contribution in [-0.4, -0.2) is 25.7 Å². The summed E-state index contributed by atoms with van der Waals surface area (Å²) in [5, 5.41) is 3.66. The Morgan fingerprint density at radius 3 is 2.43 bits per heavy atom. The highest BCUT2D eigenvalue weighted by Gasteiger charge is 2.36. The summed E-state index contributed by atoms with van der Waals surface area (Å²) in [5.74, 6) is 0.138. The van der Waals surface area contributed by atoms with E-state index in [1.807, 2.05) is 36.4 Å². The molecule has 4 atom stereocenters. The summed E-state index contributed by atoms with van der Waals surface area (Å²) in [5.41, 5.74) is 2.42. The molecule has 2 aromatic carbocycles. The fourth-order valence-electron chi connectivity index (χ4n) is 4.10. The summed E-state index contributed by atoms with van der Waals surface area (Å²) in [6.45, 7) is 3.45. The van der Waals surface area contributed by atoms with Crippen molar-refractivity contribution in [1.29, 1.82) is 0 Å². The van der Waals surface area contributed by atoms with E-state index in [2.05, 4.69) is 36.5 Å². The van der Waals surface area contributed by atoms with Crippen molar-refractivity contribution in [3.63, 3.8) is 0 Å².